The molecule has 3 aromatic rings. The van der Waals surface area contributed by atoms with Gasteiger partial charge in [0.2, 0.25) is 0 Å². The smallest absolute Gasteiger partial charge is 0.271 e. The van der Waals surface area contributed by atoms with E-state index in [1.165, 1.54) is 6.07 Å². The maximum absolute atomic E-state index is 10.8. The topological polar surface area (TPSA) is 61.0 Å². The minimum absolute atomic E-state index is 0.110. The fraction of sp³-hybridized carbons (Fsp3) is 0.0714. The molecule has 0 unspecified atom stereocenters. The Morgan fingerprint density at radius 3 is 2.89 bits per heavy atom. The lowest BCUT2D eigenvalue weighted by Crippen LogP contribution is -1.98. The molecule has 0 bridgehead atoms. The van der Waals surface area contributed by atoms with Crippen LogP contribution >= 0.6 is 0 Å². The molecule has 0 spiro atoms. The predicted molar refractivity (Wildman–Crippen MR) is 71.9 cm³/mol. The van der Waals surface area contributed by atoms with E-state index in [0.29, 0.717) is 6.54 Å². The van der Waals surface area contributed by atoms with Crippen LogP contribution < -0.4 is 0 Å². The Bertz CT molecular complexity index is 735. The molecule has 0 saturated carbocycles. The molecule has 0 aliphatic rings. The zero-order valence-electron chi connectivity index (χ0n) is 10.1. The van der Waals surface area contributed by atoms with Crippen molar-refractivity contribution >= 4 is 16.6 Å². The molecule has 3 rings (SSSR count). The first kappa shape index (κ1) is 11.4. The van der Waals surface area contributed by atoms with Gasteiger partial charge in [-0.1, -0.05) is 6.07 Å². The molecule has 19 heavy (non-hydrogen) atoms. The molecule has 0 fully saturated rings. The van der Waals surface area contributed by atoms with Crippen LogP contribution in [0, 0.1) is 10.1 Å². The third-order valence-electron chi connectivity index (χ3n) is 3.04. The summed E-state index contributed by atoms with van der Waals surface area (Å²) in [7, 11) is 0. The summed E-state index contributed by atoms with van der Waals surface area (Å²) < 4.78 is 1.99. The number of nitro groups is 1. The van der Waals surface area contributed by atoms with Crippen molar-refractivity contribution in [3.63, 3.8) is 0 Å². The molecule has 2 heterocycles. The van der Waals surface area contributed by atoms with Gasteiger partial charge in [-0.25, -0.2) is 0 Å². The van der Waals surface area contributed by atoms with Gasteiger partial charge in [-0.05, 0) is 23.8 Å². The van der Waals surface area contributed by atoms with Gasteiger partial charge in [0.1, 0.15) is 0 Å². The predicted octanol–water partition coefficient (Wildman–Crippen LogP) is 2.99. The van der Waals surface area contributed by atoms with Crippen molar-refractivity contribution in [3.05, 3.63) is 70.7 Å². The van der Waals surface area contributed by atoms with E-state index in [4.69, 9.17) is 0 Å². The zero-order chi connectivity index (χ0) is 13.2. The number of aromatic nitrogens is 2. The van der Waals surface area contributed by atoms with Crippen molar-refractivity contribution in [2.75, 3.05) is 0 Å². The van der Waals surface area contributed by atoms with Crippen molar-refractivity contribution in [1.29, 1.82) is 0 Å². The van der Waals surface area contributed by atoms with E-state index in [2.05, 4.69) is 4.98 Å². The first-order valence-corrected chi connectivity index (χ1v) is 5.86. The normalized spacial score (nSPS) is 10.7. The summed E-state index contributed by atoms with van der Waals surface area (Å²) in [5.41, 5.74) is 2.03. The number of nitro benzene ring substituents is 1. The first-order valence-electron chi connectivity index (χ1n) is 5.86. The van der Waals surface area contributed by atoms with Crippen molar-refractivity contribution in [2.24, 2.45) is 0 Å². The summed E-state index contributed by atoms with van der Waals surface area (Å²) in [4.78, 5) is 14.5. The van der Waals surface area contributed by atoms with Crippen LogP contribution in [0.1, 0.15) is 5.56 Å². The molecule has 0 aliphatic heterocycles. The van der Waals surface area contributed by atoms with Crippen molar-refractivity contribution in [1.82, 2.24) is 9.55 Å². The number of hydrogen-bond acceptors (Lipinski definition) is 3. The second-order valence-electron chi connectivity index (χ2n) is 4.31. The quantitative estimate of drug-likeness (QED) is 0.532. The zero-order valence-corrected chi connectivity index (χ0v) is 10.1. The molecule has 0 amide bonds. The fourth-order valence-corrected chi connectivity index (χ4v) is 2.11. The minimum atomic E-state index is -0.374. The van der Waals surface area contributed by atoms with Gasteiger partial charge >= 0.3 is 0 Å². The van der Waals surface area contributed by atoms with Crippen molar-refractivity contribution in [2.45, 2.75) is 6.54 Å². The van der Waals surface area contributed by atoms with Gasteiger partial charge in [-0.15, -0.1) is 0 Å². The number of non-ortho nitro benzene ring substituents is 1. The molecule has 0 N–H and O–H groups in total. The highest BCUT2D eigenvalue weighted by Crippen LogP contribution is 2.22. The number of pyridine rings is 1. The summed E-state index contributed by atoms with van der Waals surface area (Å²) in [6, 6.07) is 10.7. The Morgan fingerprint density at radius 2 is 2.16 bits per heavy atom. The van der Waals surface area contributed by atoms with Crippen molar-refractivity contribution < 1.29 is 4.92 Å². The number of fused-ring (bicyclic) bond motifs is 1. The van der Waals surface area contributed by atoms with Crippen LogP contribution in [0.15, 0.2) is 55.0 Å². The van der Waals surface area contributed by atoms with Gasteiger partial charge in [0.15, 0.2) is 0 Å². The van der Waals surface area contributed by atoms with E-state index in [1.54, 1.807) is 24.5 Å². The number of benzene rings is 1. The van der Waals surface area contributed by atoms with Crippen LogP contribution in [-0.4, -0.2) is 14.5 Å². The van der Waals surface area contributed by atoms with E-state index in [9.17, 15) is 10.1 Å². The third-order valence-corrected chi connectivity index (χ3v) is 3.04. The Balaban J connectivity index is 2.04. The van der Waals surface area contributed by atoms with E-state index < -0.39 is 0 Å². The molecule has 94 valence electrons. The van der Waals surface area contributed by atoms with Gasteiger partial charge in [-0.3, -0.25) is 15.1 Å². The standard InChI is InChI=1S/C14H11N3O2/c18-17(19)13-4-3-12-5-7-16(14(12)8-13)10-11-2-1-6-15-9-11/h1-9H,10H2. The lowest BCUT2D eigenvalue weighted by Gasteiger charge is -2.05. The molecule has 0 saturated heterocycles. The maximum atomic E-state index is 10.8. The van der Waals surface area contributed by atoms with Crippen LogP contribution in [0.3, 0.4) is 0 Å². The summed E-state index contributed by atoms with van der Waals surface area (Å²) in [6.45, 7) is 0.651. The highest BCUT2D eigenvalue weighted by atomic mass is 16.6. The molecular weight excluding hydrogens is 242 g/mol. The molecule has 0 aliphatic carbocycles. The van der Waals surface area contributed by atoms with Crippen molar-refractivity contribution in [3.8, 4) is 0 Å². The van der Waals surface area contributed by atoms with E-state index in [0.717, 1.165) is 16.5 Å². The molecule has 5 nitrogen and oxygen atoms in total. The molecule has 5 heteroatoms. The molecular formula is C14H11N3O2. The monoisotopic (exact) mass is 253 g/mol. The third kappa shape index (κ3) is 2.18. The Hall–Kier alpha value is -2.69. The van der Waals surface area contributed by atoms with Crippen LogP contribution in [0.25, 0.3) is 10.9 Å². The first-order chi connectivity index (χ1) is 9.24. The highest BCUT2D eigenvalue weighted by molar-refractivity contribution is 5.82. The van der Waals surface area contributed by atoms with E-state index in [1.807, 2.05) is 29.0 Å². The van der Waals surface area contributed by atoms with Gasteiger partial charge in [-0.2, -0.15) is 0 Å². The summed E-state index contributed by atoms with van der Waals surface area (Å²) in [6.07, 6.45) is 5.45. The fourth-order valence-electron chi connectivity index (χ4n) is 2.11. The van der Waals surface area contributed by atoms with Crippen LogP contribution in [-0.2, 0) is 6.54 Å². The molecule has 1 aromatic carbocycles. The second kappa shape index (κ2) is 4.53. The highest BCUT2D eigenvalue weighted by Gasteiger charge is 2.09. The molecule has 2 aromatic heterocycles. The molecule has 0 radical (unpaired) electrons. The second-order valence-corrected chi connectivity index (χ2v) is 4.31. The SMILES string of the molecule is O=[N+]([O-])c1ccc2ccn(Cc3cccnc3)c2c1. The van der Waals surface area contributed by atoms with Crippen LogP contribution in [0.4, 0.5) is 5.69 Å². The number of nitrogens with zero attached hydrogens (tertiary/aromatic N) is 3. The summed E-state index contributed by atoms with van der Waals surface area (Å²) >= 11 is 0. The molecule has 0 atom stereocenters. The largest absolute Gasteiger partial charge is 0.343 e. The van der Waals surface area contributed by atoms with Crippen LogP contribution in [0.5, 0.6) is 0 Å². The number of hydrogen-bond donors (Lipinski definition) is 0. The Kier molecular flexibility index (Phi) is 2.72. The lowest BCUT2D eigenvalue weighted by atomic mass is 10.2. The maximum Gasteiger partial charge on any atom is 0.271 e. The summed E-state index contributed by atoms with van der Waals surface area (Å²) in [5, 5.41) is 11.8. The average Bonchev–Trinajstić information content (AvgIpc) is 2.82. The van der Waals surface area contributed by atoms with Gasteiger partial charge in [0.25, 0.3) is 5.69 Å². The number of rotatable bonds is 3. The Labute approximate surface area is 109 Å². The van der Waals surface area contributed by atoms with Crippen LogP contribution in [0.2, 0.25) is 0 Å². The van der Waals surface area contributed by atoms with E-state index in [-0.39, 0.29) is 10.6 Å². The van der Waals surface area contributed by atoms with E-state index >= 15 is 0 Å². The Morgan fingerprint density at radius 1 is 1.26 bits per heavy atom. The average molecular weight is 253 g/mol. The summed E-state index contributed by atoms with van der Waals surface area (Å²) in [5.74, 6) is 0. The van der Waals surface area contributed by atoms with Gasteiger partial charge in [0.05, 0.1) is 10.4 Å². The van der Waals surface area contributed by atoms with Gasteiger partial charge in [0, 0.05) is 42.7 Å². The van der Waals surface area contributed by atoms with Gasteiger partial charge < -0.3 is 4.57 Å². The minimum Gasteiger partial charge on any atom is -0.343 e. The lowest BCUT2D eigenvalue weighted by molar-refractivity contribution is -0.384.